The van der Waals surface area contributed by atoms with Gasteiger partial charge in [-0.1, -0.05) is 42.5 Å². The van der Waals surface area contributed by atoms with E-state index in [9.17, 15) is 4.39 Å². The van der Waals surface area contributed by atoms with E-state index in [-0.39, 0.29) is 5.82 Å². The van der Waals surface area contributed by atoms with Gasteiger partial charge in [-0.3, -0.25) is 4.90 Å². The Morgan fingerprint density at radius 3 is 2.67 bits per heavy atom. The van der Waals surface area contributed by atoms with Gasteiger partial charge in [0.25, 0.3) is 0 Å². The number of nitrogens with one attached hydrogen (secondary N) is 1. The van der Waals surface area contributed by atoms with Crippen LogP contribution in [0.3, 0.4) is 0 Å². The van der Waals surface area contributed by atoms with E-state index in [2.05, 4.69) is 51.3 Å². The van der Waals surface area contributed by atoms with E-state index in [4.69, 9.17) is 5.73 Å². The fraction of sp³-hybridized carbons (Fsp3) is 0.240. The van der Waals surface area contributed by atoms with E-state index in [0.29, 0.717) is 11.6 Å². The summed E-state index contributed by atoms with van der Waals surface area (Å²) in [6.07, 6.45) is 2.31. The second-order valence-corrected chi connectivity index (χ2v) is 8.16. The van der Waals surface area contributed by atoms with Crippen LogP contribution in [-0.4, -0.2) is 34.0 Å². The first kappa shape index (κ1) is 19.0. The highest BCUT2D eigenvalue weighted by molar-refractivity contribution is 5.80. The van der Waals surface area contributed by atoms with Crippen molar-refractivity contribution in [3.63, 3.8) is 0 Å². The van der Waals surface area contributed by atoms with E-state index < -0.39 is 0 Å². The predicted molar refractivity (Wildman–Crippen MR) is 119 cm³/mol. The van der Waals surface area contributed by atoms with Gasteiger partial charge >= 0.3 is 0 Å². The summed E-state index contributed by atoms with van der Waals surface area (Å²) < 4.78 is 13.5. The Hall–Kier alpha value is -3.02. The highest BCUT2D eigenvalue weighted by Gasteiger charge is 2.16. The molecule has 0 amide bonds. The second-order valence-electron chi connectivity index (χ2n) is 8.16. The van der Waals surface area contributed by atoms with Gasteiger partial charge in [0.1, 0.15) is 11.6 Å². The molecule has 1 fully saturated rings. The molecule has 1 saturated heterocycles. The van der Waals surface area contributed by atoms with E-state index in [1.807, 2.05) is 12.1 Å². The summed E-state index contributed by atoms with van der Waals surface area (Å²) >= 11 is 0. The molecule has 30 heavy (non-hydrogen) atoms. The van der Waals surface area contributed by atoms with Gasteiger partial charge < -0.3 is 10.7 Å². The molecule has 1 atom stereocenters. The maximum Gasteiger partial charge on any atom is 0.138 e. The van der Waals surface area contributed by atoms with E-state index in [1.54, 1.807) is 6.07 Å². The molecule has 1 aliphatic heterocycles. The molecule has 3 aromatic carbocycles. The summed E-state index contributed by atoms with van der Waals surface area (Å²) in [6.45, 7) is 3.05. The van der Waals surface area contributed by atoms with Crippen molar-refractivity contribution in [1.82, 2.24) is 14.9 Å². The van der Waals surface area contributed by atoms with Gasteiger partial charge in [0.2, 0.25) is 0 Å². The summed E-state index contributed by atoms with van der Waals surface area (Å²) in [5.74, 6) is 0.480. The Labute approximate surface area is 175 Å². The lowest BCUT2D eigenvalue weighted by molar-refractivity contribution is 0.201. The van der Waals surface area contributed by atoms with E-state index in [0.717, 1.165) is 54.1 Å². The van der Waals surface area contributed by atoms with Gasteiger partial charge in [-0.05, 0) is 60.3 Å². The summed E-state index contributed by atoms with van der Waals surface area (Å²) in [6, 6.07) is 21.9. The van der Waals surface area contributed by atoms with Crippen LogP contribution >= 0.6 is 0 Å². The predicted octanol–water partition coefficient (Wildman–Crippen LogP) is 4.96. The molecule has 1 unspecified atom stereocenters. The van der Waals surface area contributed by atoms with E-state index >= 15 is 0 Å². The molecule has 2 heterocycles. The first-order valence-electron chi connectivity index (χ1n) is 10.5. The number of imidazole rings is 1. The normalized spacial score (nSPS) is 17.5. The zero-order chi connectivity index (χ0) is 20.5. The SMILES string of the molecule is NC1CCCN(Cc2ccc(-c3cccc(-c4nc5ccc(F)cc5[nH]4)c3)cc2)C1. The maximum atomic E-state index is 13.5. The van der Waals surface area contributed by atoms with E-state index in [1.165, 1.54) is 24.1 Å². The van der Waals surface area contributed by atoms with Gasteiger partial charge in [-0.25, -0.2) is 9.37 Å². The highest BCUT2D eigenvalue weighted by Crippen LogP contribution is 2.27. The fourth-order valence-corrected chi connectivity index (χ4v) is 4.26. The topological polar surface area (TPSA) is 57.9 Å². The molecule has 1 aliphatic rings. The number of fused-ring (bicyclic) bond motifs is 1. The van der Waals surface area contributed by atoms with Crippen LogP contribution in [0.15, 0.2) is 66.7 Å². The second kappa shape index (κ2) is 8.01. The minimum atomic E-state index is -0.266. The molecular formula is C25H25FN4. The Balaban J connectivity index is 1.36. The molecule has 3 N–H and O–H groups in total. The van der Waals surface area contributed by atoms with Crippen LogP contribution in [0, 0.1) is 5.82 Å². The summed E-state index contributed by atoms with van der Waals surface area (Å²) in [7, 11) is 0. The fourth-order valence-electron chi connectivity index (χ4n) is 4.26. The number of aromatic amines is 1. The number of aromatic nitrogens is 2. The van der Waals surface area contributed by atoms with Crippen LogP contribution in [0.2, 0.25) is 0 Å². The number of H-pyrrole nitrogens is 1. The summed E-state index contributed by atoms with van der Waals surface area (Å²) in [5, 5.41) is 0. The molecule has 4 aromatic rings. The third-order valence-corrected chi connectivity index (χ3v) is 5.82. The van der Waals surface area contributed by atoms with Gasteiger partial charge in [0.15, 0.2) is 0 Å². The smallest absolute Gasteiger partial charge is 0.138 e. The average Bonchev–Trinajstić information content (AvgIpc) is 3.18. The Kier molecular flexibility index (Phi) is 5.07. The maximum absolute atomic E-state index is 13.5. The lowest BCUT2D eigenvalue weighted by Crippen LogP contribution is -2.42. The molecular weight excluding hydrogens is 375 g/mol. The molecule has 152 valence electrons. The summed E-state index contributed by atoms with van der Waals surface area (Å²) in [4.78, 5) is 10.3. The largest absolute Gasteiger partial charge is 0.338 e. The minimum absolute atomic E-state index is 0.266. The third kappa shape index (κ3) is 3.99. The monoisotopic (exact) mass is 400 g/mol. The molecule has 5 heteroatoms. The number of nitrogens with two attached hydrogens (primary N) is 1. The number of likely N-dealkylation sites (tertiary alicyclic amines) is 1. The molecule has 1 aromatic heterocycles. The zero-order valence-corrected chi connectivity index (χ0v) is 16.8. The van der Waals surface area contributed by atoms with Gasteiger partial charge in [-0.2, -0.15) is 0 Å². The molecule has 0 saturated carbocycles. The number of hydrogen-bond acceptors (Lipinski definition) is 3. The number of benzene rings is 3. The van der Waals surface area contributed by atoms with Crippen LogP contribution in [0.5, 0.6) is 0 Å². The number of piperidine rings is 1. The summed E-state index contributed by atoms with van der Waals surface area (Å²) in [5.41, 5.74) is 12.2. The Morgan fingerprint density at radius 1 is 1.00 bits per heavy atom. The third-order valence-electron chi connectivity index (χ3n) is 5.82. The average molecular weight is 401 g/mol. The van der Waals surface area contributed by atoms with Crippen LogP contribution in [0.25, 0.3) is 33.5 Å². The van der Waals surface area contributed by atoms with Crippen molar-refractivity contribution in [1.29, 1.82) is 0 Å². The number of hydrogen-bond donors (Lipinski definition) is 2. The van der Waals surface area contributed by atoms with Gasteiger partial charge in [-0.15, -0.1) is 0 Å². The number of nitrogens with zero attached hydrogens (tertiary/aromatic N) is 2. The first-order chi connectivity index (χ1) is 14.6. The van der Waals surface area contributed by atoms with Crippen molar-refractivity contribution in [3.05, 3.63) is 78.1 Å². The van der Waals surface area contributed by atoms with Crippen molar-refractivity contribution in [2.45, 2.75) is 25.4 Å². The quantitative estimate of drug-likeness (QED) is 0.509. The van der Waals surface area contributed by atoms with Crippen LogP contribution in [-0.2, 0) is 6.54 Å². The lowest BCUT2D eigenvalue weighted by atomic mass is 10.0. The number of rotatable bonds is 4. The minimum Gasteiger partial charge on any atom is -0.338 e. The van der Waals surface area contributed by atoms with Crippen LogP contribution < -0.4 is 5.73 Å². The molecule has 0 aliphatic carbocycles. The zero-order valence-electron chi connectivity index (χ0n) is 16.8. The molecule has 0 spiro atoms. The lowest BCUT2D eigenvalue weighted by Gasteiger charge is -2.30. The van der Waals surface area contributed by atoms with Gasteiger partial charge in [0.05, 0.1) is 11.0 Å². The highest BCUT2D eigenvalue weighted by atomic mass is 19.1. The standard InChI is InChI=1S/C25H25FN4/c26-21-10-11-23-24(14-21)29-25(28-23)20-4-1-3-19(13-20)18-8-6-17(7-9-18)15-30-12-2-5-22(27)16-30/h1,3-4,6-11,13-14,22H,2,5,12,15-16,27H2,(H,28,29). The Bertz CT molecular complexity index is 1170. The Morgan fingerprint density at radius 2 is 1.83 bits per heavy atom. The van der Waals surface area contributed by atoms with Crippen molar-refractivity contribution < 1.29 is 4.39 Å². The van der Waals surface area contributed by atoms with Crippen molar-refractivity contribution >= 4 is 11.0 Å². The van der Waals surface area contributed by atoms with Crippen molar-refractivity contribution in [2.24, 2.45) is 5.73 Å². The first-order valence-corrected chi connectivity index (χ1v) is 10.5. The molecule has 0 bridgehead atoms. The van der Waals surface area contributed by atoms with Crippen LogP contribution in [0.1, 0.15) is 18.4 Å². The van der Waals surface area contributed by atoms with Crippen molar-refractivity contribution in [2.75, 3.05) is 13.1 Å². The molecule has 4 nitrogen and oxygen atoms in total. The number of halogens is 1. The van der Waals surface area contributed by atoms with Crippen LogP contribution in [0.4, 0.5) is 4.39 Å². The molecule has 0 radical (unpaired) electrons. The van der Waals surface area contributed by atoms with Crippen molar-refractivity contribution in [3.8, 4) is 22.5 Å². The van der Waals surface area contributed by atoms with Gasteiger partial charge in [0, 0.05) is 24.7 Å². The molecule has 5 rings (SSSR count).